The Morgan fingerprint density at radius 3 is 2.54 bits per heavy atom. The average Bonchev–Trinajstić information content (AvgIpc) is 3.20. The van der Waals surface area contributed by atoms with E-state index in [1.165, 1.54) is 7.11 Å². The number of esters is 2. The molecule has 0 unspecified atom stereocenters. The second-order valence-electron chi connectivity index (χ2n) is 5.49. The lowest BCUT2D eigenvalue weighted by atomic mass is 10.1. The van der Waals surface area contributed by atoms with Crippen molar-refractivity contribution in [2.24, 2.45) is 0 Å². The number of carbonyl (C=O) groups excluding carboxylic acids is 2. The molecule has 0 aliphatic carbocycles. The van der Waals surface area contributed by atoms with E-state index in [2.05, 4.69) is 15.4 Å². The van der Waals surface area contributed by atoms with Crippen molar-refractivity contribution in [3.8, 4) is 22.8 Å². The van der Waals surface area contributed by atoms with Gasteiger partial charge in [-0.2, -0.15) is 10.3 Å². The summed E-state index contributed by atoms with van der Waals surface area (Å²) in [7, 11) is 1.46. The highest BCUT2D eigenvalue weighted by molar-refractivity contribution is 14.1. The fourth-order valence-electron chi connectivity index (χ4n) is 2.46. The molecule has 0 atom stereocenters. The van der Waals surface area contributed by atoms with Crippen molar-refractivity contribution < 1.29 is 23.8 Å². The molecule has 0 aliphatic rings. The van der Waals surface area contributed by atoms with E-state index >= 15 is 0 Å². The molecule has 2 aromatic carbocycles. The van der Waals surface area contributed by atoms with Crippen LogP contribution in [0.5, 0.6) is 11.5 Å². The maximum absolute atomic E-state index is 12.4. The van der Waals surface area contributed by atoms with Crippen LogP contribution in [0, 0.1) is 3.57 Å². The quantitative estimate of drug-likeness (QED) is 0.319. The number of nitrogens with one attached hydrogen (secondary N) is 1. The van der Waals surface area contributed by atoms with Crippen LogP contribution in [-0.4, -0.2) is 41.1 Å². The molecule has 0 radical (unpaired) electrons. The van der Waals surface area contributed by atoms with Crippen LogP contribution in [0.3, 0.4) is 0 Å². The third kappa shape index (κ3) is 4.14. The molecule has 0 aliphatic heterocycles. The third-order valence-electron chi connectivity index (χ3n) is 3.72. The summed E-state index contributed by atoms with van der Waals surface area (Å²) in [5.74, 6) is -0.483. The van der Waals surface area contributed by atoms with E-state index in [0.29, 0.717) is 26.1 Å². The summed E-state index contributed by atoms with van der Waals surface area (Å²) in [6, 6.07) is 12.0. The molecule has 144 valence electrons. The van der Waals surface area contributed by atoms with Crippen molar-refractivity contribution in [3.05, 3.63) is 57.3 Å². The molecule has 0 fully saturated rings. The maximum atomic E-state index is 12.4. The molecule has 28 heavy (non-hydrogen) atoms. The molecule has 1 N–H and O–H groups in total. The number of hydrogen-bond acceptors (Lipinski definition) is 7. The van der Waals surface area contributed by atoms with E-state index in [9.17, 15) is 9.59 Å². The van der Waals surface area contributed by atoms with Gasteiger partial charge in [0.15, 0.2) is 17.2 Å². The summed E-state index contributed by atoms with van der Waals surface area (Å²) >= 11 is 2.03. The second kappa shape index (κ2) is 8.83. The van der Waals surface area contributed by atoms with Crippen LogP contribution >= 0.6 is 22.6 Å². The van der Waals surface area contributed by atoms with Gasteiger partial charge in [-0.15, -0.1) is 5.10 Å². The van der Waals surface area contributed by atoms with Gasteiger partial charge in [-0.1, -0.05) is 18.2 Å². The number of aromatic nitrogens is 3. The Balaban J connectivity index is 1.96. The van der Waals surface area contributed by atoms with Crippen LogP contribution in [0.2, 0.25) is 0 Å². The standard InChI is InChI=1S/C19H16IN3O5/c1-3-27-19(25)16-15(21-23-22-16)12-9-13(20)17(14(10-12)26-2)28-18(24)11-7-5-4-6-8-11/h4-10H,3H2,1-2H3,(H,21,22,23). The van der Waals surface area contributed by atoms with Crippen LogP contribution in [0.15, 0.2) is 42.5 Å². The van der Waals surface area contributed by atoms with E-state index in [0.717, 1.165) is 0 Å². The molecule has 0 saturated carbocycles. The summed E-state index contributed by atoms with van der Waals surface area (Å²) < 4.78 is 16.5. The minimum Gasteiger partial charge on any atom is -0.493 e. The van der Waals surface area contributed by atoms with Crippen LogP contribution in [0.1, 0.15) is 27.8 Å². The van der Waals surface area contributed by atoms with E-state index in [1.54, 1.807) is 43.3 Å². The van der Waals surface area contributed by atoms with Crippen molar-refractivity contribution in [3.63, 3.8) is 0 Å². The number of hydrogen-bond donors (Lipinski definition) is 1. The van der Waals surface area contributed by atoms with E-state index in [4.69, 9.17) is 14.2 Å². The Hall–Kier alpha value is -2.95. The van der Waals surface area contributed by atoms with Crippen LogP contribution in [0.25, 0.3) is 11.3 Å². The van der Waals surface area contributed by atoms with E-state index < -0.39 is 11.9 Å². The Bertz CT molecular complexity index is 1000. The average molecular weight is 493 g/mol. The zero-order valence-corrected chi connectivity index (χ0v) is 17.2. The highest BCUT2D eigenvalue weighted by Crippen LogP contribution is 2.38. The smallest absolute Gasteiger partial charge is 0.361 e. The molecule has 0 spiro atoms. The number of nitrogens with zero attached hydrogens (tertiary/aromatic N) is 2. The topological polar surface area (TPSA) is 103 Å². The van der Waals surface area contributed by atoms with Gasteiger partial charge >= 0.3 is 11.9 Å². The second-order valence-corrected chi connectivity index (χ2v) is 6.65. The highest BCUT2D eigenvalue weighted by Gasteiger charge is 2.23. The molecule has 0 amide bonds. The molecular formula is C19H16IN3O5. The molecule has 8 nitrogen and oxygen atoms in total. The first kappa shape index (κ1) is 19.8. The van der Waals surface area contributed by atoms with Crippen LogP contribution < -0.4 is 9.47 Å². The summed E-state index contributed by atoms with van der Waals surface area (Å²) in [6.45, 7) is 1.93. The number of methoxy groups -OCH3 is 1. The van der Waals surface area contributed by atoms with Gasteiger partial charge in [0.25, 0.3) is 0 Å². The van der Waals surface area contributed by atoms with Crippen molar-refractivity contribution in [2.45, 2.75) is 6.92 Å². The first-order valence-corrected chi connectivity index (χ1v) is 9.36. The van der Waals surface area contributed by atoms with Gasteiger partial charge in [0, 0.05) is 5.56 Å². The molecule has 1 aromatic heterocycles. The van der Waals surface area contributed by atoms with Gasteiger partial charge in [0.1, 0.15) is 5.69 Å². The van der Waals surface area contributed by atoms with Crippen LogP contribution in [-0.2, 0) is 4.74 Å². The number of carbonyl (C=O) groups is 2. The maximum Gasteiger partial charge on any atom is 0.361 e. The molecule has 1 heterocycles. The van der Waals surface area contributed by atoms with Crippen molar-refractivity contribution >= 4 is 34.5 Å². The molecule has 3 aromatic rings. The predicted molar refractivity (Wildman–Crippen MR) is 108 cm³/mol. The van der Waals surface area contributed by atoms with Gasteiger partial charge in [-0.05, 0) is 53.8 Å². The van der Waals surface area contributed by atoms with E-state index in [-0.39, 0.29) is 18.1 Å². The minimum atomic E-state index is -0.584. The van der Waals surface area contributed by atoms with E-state index in [1.807, 2.05) is 28.7 Å². The lowest BCUT2D eigenvalue weighted by molar-refractivity contribution is 0.0520. The predicted octanol–water partition coefficient (Wildman–Crippen LogP) is 3.48. The zero-order chi connectivity index (χ0) is 20.1. The number of H-pyrrole nitrogens is 1. The van der Waals surface area contributed by atoms with Crippen molar-refractivity contribution in [1.29, 1.82) is 0 Å². The first-order chi connectivity index (χ1) is 13.5. The Labute approximate surface area is 174 Å². The Morgan fingerprint density at radius 2 is 1.86 bits per heavy atom. The van der Waals surface area contributed by atoms with Crippen LogP contribution in [0.4, 0.5) is 0 Å². The normalized spacial score (nSPS) is 10.4. The van der Waals surface area contributed by atoms with Gasteiger partial charge in [-0.3, -0.25) is 0 Å². The fraction of sp³-hybridized carbons (Fsp3) is 0.158. The zero-order valence-electron chi connectivity index (χ0n) is 15.1. The largest absolute Gasteiger partial charge is 0.493 e. The number of halogens is 1. The monoisotopic (exact) mass is 493 g/mol. The molecule has 3 rings (SSSR count). The first-order valence-electron chi connectivity index (χ1n) is 8.28. The Morgan fingerprint density at radius 1 is 1.11 bits per heavy atom. The minimum absolute atomic E-state index is 0.0636. The fourth-order valence-corrected chi connectivity index (χ4v) is 3.17. The summed E-state index contributed by atoms with van der Waals surface area (Å²) in [6.07, 6.45) is 0. The molecule has 0 saturated heterocycles. The molecular weight excluding hydrogens is 477 g/mol. The summed E-state index contributed by atoms with van der Waals surface area (Å²) in [4.78, 5) is 24.5. The molecule has 0 bridgehead atoms. The number of benzene rings is 2. The lowest BCUT2D eigenvalue weighted by Gasteiger charge is -2.13. The summed E-state index contributed by atoms with van der Waals surface area (Å²) in [5, 5.41) is 10.3. The SMILES string of the molecule is CCOC(=O)c1n[nH]nc1-c1cc(I)c(OC(=O)c2ccccc2)c(OC)c1. The number of aromatic amines is 1. The van der Waals surface area contributed by atoms with Gasteiger partial charge in [0.2, 0.25) is 0 Å². The summed E-state index contributed by atoms with van der Waals surface area (Å²) in [5.41, 5.74) is 1.37. The lowest BCUT2D eigenvalue weighted by Crippen LogP contribution is -2.10. The third-order valence-corrected chi connectivity index (χ3v) is 4.53. The number of rotatable bonds is 6. The van der Waals surface area contributed by atoms with Gasteiger partial charge in [-0.25, -0.2) is 9.59 Å². The Kier molecular flexibility index (Phi) is 6.24. The van der Waals surface area contributed by atoms with Gasteiger partial charge in [0.05, 0.1) is 22.9 Å². The van der Waals surface area contributed by atoms with Gasteiger partial charge < -0.3 is 14.2 Å². The highest BCUT2D eigenvalue weighted by atomic mass is 127. The van der Waals surface area contributed by atoms with Crippen molar-refractivity contribution in [1.82, 2.24) is 15.4 Å². The molecule has 9 heteroatoms. The van der Waals surface area contributed by atoms with Crippen molar-refractivity contribution in [2.75, 3.05) is 13.7 Å². The number of ether oxygens (including phenoxy) is 3.